The average Bonchev–Trinajstić information content (AvgIpc) is 2.79. The summed E-state index contributed by atoms with van der Waals surface area (Å²) in [5, 5.41) is 6.41. The normalized spacial score (nSPS) is 10.6. The highest BCUT2D eigenvalue weighted by Crippen LogP contribution is 2.19. The molecule has 2 amide bonds. The van der Waals surface area contributed by atoms with Gasteiger partial charge in [-0.05, 0) is 76.9 Å². The van der Waals surface area contributed by atoms with Crippen molar-refractivity contribution in [3.8, 4) is 5.75 Å². The van der Waals surface area contributed by atoms with E-state index in [1.807, 2.05) is 19.1 Å². The largest absolute Gasteiger partial charge is 0.423 e. The van der Waals surface area contributed by atoms with Crippen LogP contribution in [0.25, 0.3) is 0 Å². The number of rotatable bonds is 7. The lowest BCUT2D eigenvalue weighted by atomic mass is 10.1. The molecule has 32 heavy (non-hydrogen) atoms. The Hall–Kier alpha value is -3.78. The lowest BCUT2D eigenvalue weighted by Crippen LogP contribution is -2.34. The fraction of sp³-hybridized carbons (Fsp3) is 0.0833. The molecule has 0 spiro atoms. The van der Waals surface area contributed by atoms with Gasteiger partial charge < -0.3 is 10.1 Å². The maximum Gasteiger partial charge on any atom is 0.344 e. The molecular formula is C24H20BrN3O4. The van der Waals surface area contributed by atoms with Gasteiger partial charge in [0.15, 0.2) is 0 Å². The number of carbonyl (C=O) groups excluding carboxylic acids is 3. The molecule has 0 atom stereocenters. The molecule has 3 aromatic carbocycles. The topological polar surface area (TPSA) is 96.9 Å². The summed E-state index contributed by atoms with van der Waals surface area (Å²) in [6.07, 6.45) is 1.44. The molecule has 0 aromatic heterocycles. The Bertz CT molecular complexity index is 1160. The van der Waals surface area contributed by atoms with Crippen molar-refractivity contribution in [2.75, 3.05) is 6.54 Å². The smallest absolute Gasteiger partial charge is 0.344 e. The molecular weight excluding hydrogens is 474 g/mol. The number of amides is 2. The van der Waals surface area contributed by atoms with Crippen molar-refractivity contribution in [1.82, 2.24) is 10.7 Å². The molecule has 0 aliphatic carbocycles. The maximum absolute atomic E-state index is 12.2. The second-order valence-corrected chi connectivity index (χ2v) is 7.64. The highest BCUT2D eigenvalue weighted by Gasteiger charge is 2.11. The van der Waals surface area contributed by atoms with Gasteiger partial charge in [-0.25, -0.2) is 10.2 Å². The maximum atomic E-state index is 12.2. The minimum atomic E-state index is -0.473. The molecule has 0 unspecified atom stereocenters. The molecule has 8 heteroatoms. The summed E-state index contributed by atoms with van der Waals surface area (Å²) in [5.41, 5.74) is 4.91. The van der Waals surface area contributed by atoms with E-state index in [4.69, 9.17) is 4.74 Å². The molecule has 3 aromatic rings. The number of nitrogens with one attached hydrogen (secondary N) is 2. The van der Waals surface area contributed by atoms with Gasteiger partial charge in [0.1, 0.15) is 5.75 Å². The number of ether oxygens (including phenoxy) is 1. The summed E-state index contributed by atoms with van der Waals surface area (Å²) in [6.45, 7) is 1.69. The first kappa shape index (κ1) is 22.9. The van der Waals surface area contributed by atoms with Crippen LogP contribution in [0.15, 0.2) is 82.4 Å². The Kier molecular flexibility index (Phi) is 7.88. The summed E-state index contributed by atoms with van der Waals surface area (Å²) in [5.74, 6) is -0.883. The van der Waals surface area contributed by atoms with E-state index in [9.17, 15) is 14.4 Å². The van der Waals surface area contributed by atoms with E-state index in [0.717, 1.165) is 5.56 Å². The van der Waals surface area contributed by atoms with Crippen molar-refractivity contribution < 1.29 is 19.1 Å². The Balaban J connectivity index is 1.46. The molecule has 3 rings (SSSR count). The number of hydrogen-bond acceptors (Lipinski definition) is 5. The predicted molar refractivity (Wildman–Crippen MR) is 125 cm³/mol. The number of hydrazone groups is 1. The summed E-state index contributed by atoms with van der Waals surface area (Å²) in [6, 6.07) is 20.7. The molecule has 0 bridgehead atoms. The lowest BCUT2D eigenvalue weighted by Gasteiger charge is -2.06. The molecule has 2 N–H and O–H groups in total. The van der Waals surface area contributed by atoms with E-state index in [2.05, 4.69) is 31.8 Å². The van der Waals surface area contributed by atoms with Crippen molar-refractivity contribution in [3.63, 3.8) is 0 Å². The Morgan fingerprint density at radius 3 is 2.47 bits per heavy atom. The van der Waals surface area contributed by atoms with Crippen LogP contribution >= 0.6 is 15.9 Å². The van der Waals surface area contributed by atoms with Gasteiger partial charge in [0.05, 0.1) is 18.3 Å². The van der Waals surface area contributed by atoms with Crippen LogP contribution in [0.5, 0.6) is 5.75 Å². The Morgan fingerprint density at radius 1 is 1.00 bits per heavy atom. The first-order chi connectivity index (χ1) is 15.4. The number of hydrogen-bond donors (Lipinski definition) is 2. The fourth-order valence-corrected chi connectivity index (χ4v) is 3.12. The second-order valence-electron chi connectivity index (χ2n) is 6.78. The van der Waals surface area contributed by atoms with Gasteiger partial charge in [-0.3, -0.25) is 9.59 Å². The SMILES string of the molecule is Cc1cccc(C(=O)NCC(=O)N/N=C\c2ccc(OC(=O)c3ccccc3Br)cc2)c1. The van der Waals surface area contributed by atoms with Crippen LogP contribution < -0.4 is 15.5 Å². The van der Waals surface area contributed by atoms with Gasteiger partial charge in [0.2, 0.25) is 0 Å². The van der Waals surface area contributed by atoms with Crippen molar-refractivity contribution in [3.05, 3.63) is 99.5 Å². The summed E-state index contributed by atoms with van der Waals surface area (Å²) < 4.78 is 6.01. The Morgan fingerprint density at radius 2 is 1.75 bits per heavy atom. The van der Waals surface area contributed by atoms with Gasteiger partial charge in [-0.15, -0.1) is 0 Å². The summed E-state index contributed by atoms with van der Waals surface area (Å²) >= 11 is 3.32. The highest BCUT2D eigenvalue weighted by molar-refractivity contribution is 9.10. The van der Waals surface area contributed by atoms with Crippen molar-refractivity contribution in [2.24, 2.45) is 5.10 Å². The second kappa shape index (κ2) is 11.0. The third kappa shape index (κ3) is 6.61. The van der Waals surface area contributed by atoms with Crippen LogP contribution in [0.3, 0.4) is 0 Å². The minimum absolute atomic E-state index is 0.200. The molecule has 0 radical (unpaired) electrons. The van der Waals surface area contributed by atoms with Crippen LogP contribution in [0.1, 0.15) is 31.8 Å². The van der Waals surface area contributed by atoms with Crippen LogP contribution in [0, 0.1) is 6.92 Å². The van der Waals surface area contributed by atoms with E-state index >= 15 is 0 Å². The summed E-state index contributed by atoms with van der Waals surface area (Å²) in [4.78, 5) is 36.1. The van der Waals surface area contributed by atoms with Crippen molar-refractivity contribution in [2.45, 2.75) is 6.92 Å². The van der Waals surface area contributed by atoms with Crippen LogP contribution in [-0.2, 0) is 4.79 Å². The number of halogens is 1. The first-order valence-corrected chi connectivity index (χ1v) is 10.5. The van der Waals surface area contributed by atoms with Crippen LogP contribution in [-0.4, -0.2) is 30.5 Å². The van der Waals surface area contributed by atoms with E-state index in [1.165, 1.54) is 6.21 Å². The van der Waals surface area contributed by atoms with E-state index in [0.29, 0.717) is 26.9 Å². The average molecular weight is 494 g/mol. The zero-order valence-electron chi connectivity index (χ0n) is 17.2. The van der Waals surface area contributed by atoms with Gasteiger partial charge in [0.25, 0.3) is 11.8 Å². The molecule has 0 heterocycles. The van der Waals surface area contributed by atoms with Crippen LogP contribution in [0.2, 0.25) is 0 Å². The quantitative estimate of drug-likeness (QED) is 0.226. The van der Waals surface area contributed by atoms with Crippen LogP contribution in [0.4, 0.5) is 0 Å². The molecule has 7 nitrogen and oxygen atoms in total. The fourth-order valence-electron chi connectivity index (χ4n) is 2.68. The monoisotopic (exact) mass is 493 g/mol. The first-order valence-electron chi connectivity index (χ1n) is 9.66. The third-order valence-corrected chi connectivity index (χ3v) is 4.97. The molecule has 162 valence electrons. The van der Waals surface area contributed by atoms with Gasteiger partial charge >= 0.3 is 5.97 Å². The molecule has 0 saturated carbocycles. The molecule has 0 aliphatic rings. The third-order valence-electron chi connectivity index (χ3n) is 4.28. The number of nitrogens with zero attached hydrogens (tertiary/aromatic N) is 1. The Labute approximate surface area is 193 Å². The number of carbonyl (C=O) groups is 3. The van der Waals surface area contributed by atoms with E-state index in [1.54, 1.807) is 60.7 Å². The van der Waals surface area contributed by atoms with E-state index < -0.39 is 11.9 Å². The predicted octanol–water partition coefficient (Wildman–Crippen LogP) is 3.86. The van der Waals surface area contributed by atoms with Gasteiger partial charge in [0, 0.05) is 10.0 Å². The highest BCUT2D eigenvalue weighted by atomic mass is 79.9. The number of aryl methyl sites for hydroxylation is 1. The standard InChI is InChI=1S/C24H20BrN3O4/c1-16-5-4-6-18(13-16)23(30)26-15-22(29)28-27-14-17-9-11-19(12-10-17)32-24(31)20-7-2-3-8-21(20)25/h2-14H,15H2,1H3,(H,26,30)(H,28,29)/b27-14-. The number of benzene rings is 3. The molecule has 0 fully saturated rings. The van der Waals surface area contributed by atoms with Gasteiger partial charge in [-0.1, -0.05) is 29.8 Å². The van der Waals surface area contributed by atoms with E-state index in [-0.39, 0.29) is 12.5 Å². The molecule has 0 aliphatic heterocycles. The number of esters is 1. The molecule has 0 saturated heterocycles. The minimum Gasteiger partial charge on any atom is -0.423 e. The summed E-state index contributed by atoms with van der Waals surface area (Å²) in [7, 11) is 0. The zero-order chi connectivity index (χ0) is 22.9. The lowest BCUT2D eigenvalue weighted by molar-refractivity contribution is -0.120. The van der Waals surface area contributed by atoms with Gasteiger partial charge in [-0.2, -0.15) is 5.10 Å². The van der Waals surface area contributed by atoms with Crippen molar-refractivity contribution in [1.29, 1.82) is 0 Å². The van der Waals surface area contributed by atoms with Crippen molar-refractivity contribution >= 4 is 39.9 Å². The zero-order valence-corrected chi connectivity index (χ0v) is 18.8.